The first-order valence-electron chi connectivity index (χ1n) is 9.94. The molecule has 0 unspecified atom stereocenters. The van der Waals surface area contributed by atoms with E-state index in [1.165, 1.54) is 5.57 Å². The van der Waals surface area contributed by atoms with Crippen molar-refractivity contribution >= 4 is 40.5 Å². The number of anilines is 2. The Morgan fingerprint density at radius 3 is 2.60 bits per heavy atom. The van der Waals surface area contributed by atoms with Gasteiger partial charge in [-0.2, -0.15) is 5.26 Å². The molecule has 1 amide bonds. The zero-order chi connectivity index (χ0) is 22.1. The van der Waals surface area contributed by atoms with Gasteiger partial charge in [-0.05, 0) is 82.2 Å². The molecule has 2 aromatic carbocycles. The number of hydrogen-bond acceptors (Lipinski definition) is 3. The number of rotatable bonds is 4. The van der Waals surface area contributed by atoms with Gasteiger partial charge in [-0.25, -0.2) is 0 Å². The number of carbonyl (C=O) groups is 1. The lowest BCUT2D eigenvalue weighted by Crippen LogP contribution is -2.49. The van der Waals surface area contributed by atoms with Gasteiger partial charge in [0.1, 0.15) is 11.6 Å². The number of nitrogens with one attached hydrogen (secondary N) is 1. The van der Waals surface area contributed by atoms with E-state index in [9.17, 15) is 10.1 Å². The maximum absolute atomic E-state index is 12.6. The van der Waals surface area contributed by atoms with Crippen LogP contribution in [-0.2, 0) is 4.79 Å². The van der Waals surface area contributed by atoms with Crippen LogP contribution in [0.1, 0.15) is 45.7 Å². The highest BCUT2D eigenvalue weighted by Crippen LogP contribution is 2.40. The van der Waals surface area contributed by atoms with Gasteiger partial charge >= 0.3 is 0 Å². The summed E-state index contributed by atoms with van der Waals surface area (Å²) >= 11 is 5.97. The molecular weight excluding hydrogens is 394 g/mol. The summed E-state index contributed by atoms with van der Waals surface area (Å²) in [6.45, 7) is 10.9. The molecule has 0 bridgehead atoms. The number of carbonyl (C=O) groups excluding carboxylic acids is 1. The Morgan fingerprint density at radius 2 is 1.97 bits per heavy atom. The Hall–Kier alpha value is -3.03. The molecule has 0 spiro atoms. The van der Waals surface area contributed by atoms with Crippen molar-refractivity contribution in [3.8, 4) is 6.07 Å². The molecule has 1 aliphatic rings. The fraction of sp³-hybridized carbons (Fsp3) is 0.280. The zero-order valence-electron chi connectivity index (χ0n) is 18.0. The highest BCUT2D eigenvalue weighted by atomic mass is 35.5. The number of benzene rings is 2. The van der Waals surface area contributed by atoms with Crippen LogP contribution in [0.15, 0.2) is 54.1 Å². The van der Waals surface area contributed by atoms with Gasteiger partial charge in [-0.3, -0.25) is 4.79 Å². The van der Waals surface area contributed by atoms with Gasteiger partial charge < -0.3 is 10.2 Å². The summed E-state index contributed by atoms with van der Waals surface area (Å²) in [5, 5.41) is 12.8. The van der Waals surface area contributed by atoms with E-state index in [0.717, 1.165) is 16.8 Å². The maximum atomic E-state index is 12.6. The van der Waals surface area contributed by atoms with Crippen LogP contribution < -0.4 is 10.2 Å². The fourth-order valence-corrected chi connectivity index (χ4v) is 4.37. The molecule has 0 radical (unpaired) electrons. The Morgan fingerprint density at radius 1 is 1.23 bits per heavy atom. The average Bonchev–Trinajstić information content (AvgIpc) is 2.65. The van der Waals surface area contributed by atoms with Gasteiger partial charge in [-0.1, -0.05) is 29.8 Å². The van der Waals surface area contributed by atoms with Crippen LogP contribution in [0, 0.1) is 11.3 Å². The van der Waals surface area contributed by atoms with Crippen LogP contribution in [0.25, 0.3) is 11.6 Å². The molecule has 4 nitrogen and oxygen atoms in total. The Balaban J connectivity index is 1.95. The Labute approximate surface area is 183 Å². The van der Waals surface area contributed by atoms with Gasteiger partial charge in [-0.15, -0.1) is 0 Å². The van der Waals surface area contributed by atoms with E-state index in [2.05, 4.69) is 57.0 Å². The van der Waals surface area contributed by atoms with Gasteiger partial charge in [0.05, 0.1) is 5.54 Å². The van der Waals surface area contributed by atoms with E-state index in [0.29, 0.717) is 16.8 Å². The second kappa shape index (κ2) is 8.38. The molecule has 1 heterocycles. The number of nitrogens with zero attached hydrogens (tertiary/aromatic N) is 2. The van der Waals surface area contributed by atoms with E-state index in [1.54, 1.807) is 30.3 Å². The SMILES string of the molecule is CC1=CC(C)(C)N(C(C)C)c2ccc(/C=C(/C#N)C(=O)Nc3cccc(Cl)c3)cc21. The summed E-state index contributed by atoms with van der Waals surface area (Å²) in [6, 6.07) is 15.2. The summed E-state index contributed by atoms with van der Waals surface area (Å²) in [6.07, 6.45) is 3.88. The Bertz CT molecular complexity index is 1090. The predicted molar refractivity (Wildman–Crippen MR) is 125 cm³/mol. The van der Waals surface area contributed by atoms with Crippen LogP contribution in [0.2, 0.25) is 5.02 Å². The summed E-state index contributed by atoms with van der Waals surface area (Å²) in [4.78, 5) is 15.0. The molecule has 30 heavy (non-hydrogen) atoms. The van der Waals surface area contributed by atoms with E-state index >= 15 is 0 Å². The topological polar surface area (TPSA) is 56.1 Å². The molecule has 0 fully saturated rings. The molecule has 1 aliphatic heterocycles. The largest absolute Gasteiger partial charge is 0.360 e. The van der Waals surface area contributed by atoms with Crippen molar-refractivity contribution in [1.82, 2.24) is 0 Å². The van der Waals surface area contributed by atoms with Crippen molar-refractivity contribution in [3.63, 3.8) is 0 Å². The molecule has 0 aliphatic carbocycles. The van der Waals surface area contributed by atoms with Gasteiger partial charge in [0.15, 0.2) is 0 Å². The van der Waals surface area contributed by atoms with Gasteiger partial charge in [0.25, 0.3) is 5.91 Å². The summed E-state index contributed by atoms with van der Waals surface area (Å²) in [5.74, 6) is -0.463. The number of amides is 1. The molecule has 1 N–H and O–H groups in total. The van der Waals surface area contributed by atoms with Crippen LogP contribution >= 0.6 is 11.6 Å². The first-order chi connectivity index (χ1) is 14.1. The second-order valence-corrected chi connectivity index (χ2v) is 8.79. The standard InChI is InChI=1S/C25H26ClN3O/c1-16(2)29-23-10-9-18(12-22(23)17(3)14-25(29,4)5)11-19(15-27)24(30)28-21-8-6-7-20(26)13-21/h6-14,16H,1-5H3,(H,28,30)/b19-11-. The van der Waals surface area contributed by atoms with Gasteiger partial charge in [0, 0.05) is 28.0 Å². The lowest BCUT2D eigenvalue weighted by molar-refractivity contribution is -0.112. The van der Waals surface area contributed by atoms with Crippen molar-refractivity contribution in [2.24, 2.45) is 0 Å². The average molecular weight is 420 g/mol. The van der Waals surface area contributed by atoms with Gasteiger partial charge in [0.2, 0.25) is 0 Å². The van der Waals surface area contributed by atoms with E-state index in [1.807, 2.05) is 18.2 Å². The number of allylic oxidation sites excluding steroid dienone is 1. The Kier molecular flexibility index (Phi) is 6.05. The minimum atomic E-state index is -0.463. The minimum absolute atomic E-state index is 0.0356. The molecule has 154 valence electrons. The molecule has 0 aromatic heterocycles. The first kappa shape index (κ1) is 21.7. The first-order valence-corrected chi connectivity index (χ1v) is 10.3. The number of nitriles is 1. The third-order valence-corrected chi connectivity index (χ3v) is 5.41. The lowest BCUT2D eigenvalue weighted by Gasteiger charge is -2.46. The fourth-order valence-electron chi connectivity index (χ4n) is 4.18. The van der Waals surface area contributed by atoms with E-state index in [4.69, 9.17) is 11.6 Å². The smallest absolute Gasteiger partial charge is 0.266 e. The van der Waals surface area contributed by atoms with Crippen molar-refractivity contribution in [3.05, 3.63) is 70.3 Å². The zero-order valence-corrected chi connectivity index (χ0v) is 18.7. The highest BCUT2D eigenvalue weighted by Gasteiger charge is 2.32. The highest BCUT2D eigenvalue weighted by molar-refractivity contribution is 6.31. The quantitative estimate of drug-likeness (QED) is 0.467. The van der Waals surface area contributed by atoms with Crippen LogP contribution in [0.4, 0.5) is 11.4 Å². The number of fused-ring (bicyclic) bond motifs is 1. The van der Waals surface area contributed by atoms with E-state index < -0.39 is 5.91 Å². The molecule has 0 saturated carbocycles. The third-order valence-electron chi connectivity index (χ3n) is 5.17. The molecule has 0 atom stereocenters. The van der Waals surface area contributed by atoms with E-state index in [-0.39, 0.29) is 11.1 Å². The maximum Gasteiger partial charge on any atom is 0.266 e. The number of halogens is 1. The van der Waals surface area contributed by atoms with Crippen molar-refractivity contribution in [2.45, 2.75) is 46.2 Å². The summed E-state index contributed by atoms with van der Waals surface area (Å²) < 4.78 is 0. The van der Waals surface area contributed by atoms with Crippen LogP contribution in [0.5, 0.6) is 0 Å². The second-order valence-electron chi connectivity index (χ2n) is 8.36. The minimum Gasteiger partial charge on any atom is -0.360 e. The summed E-state index contributed by atoms with van der Waals surface area (Å²) in [5.41, 5.74) is 4.77. The molecular formula is C25H26ClN3O. The normalized spacial score (nSPS) is 15.3. The molecule has 2 aromatic rings. The van der Waals surface area contributed by atoms with Crippen molar-refractivity contribution < 1.29 is 4.79 Å². The van der Waals surface area contributed by atoms with Crippen molar-refractivity contribution in [2.75, 3.05) is 10.2 Å². The van der Waals surface area contributed by atoms with Crippen LogP contribution in [-0.4, -0.2) is 17.5 Å². The van der Waals surface area contributed by atoms with Crippen molar-refractivity contribution in [1.29, 1.82) is 5.26 Å². The monoisotopic (exact) mass is 419 g/mol. The molecule has 3 rings (SSSR count). The molecule has 5 heteroatoms. The summed E-state index contributed by atoms with van der Waals surface area (Å²) in [7, 11) is 0. The molecule has 0 saturated heterocycles. The third kappa shape index (κ3) is 4.42. The lowest BCUT2D eigenvalue weighted by atomic mass is 9.87. The predicted octanol–water partition coefficient (Wildman–Crippen LogP) is 6.30. The van der Waals surface area contributed by atoms with Crippen LogP contribution in [0.3, 0.4) is 0 Å². The number of hydrogen-bond donors (Lipinski definition) is 1.